The molecular formula is C19H19N5O5S2. The second-order valence-electron chi connectivity index (χ2n) is 7.02. The number of piperidine rings is 1. The number of fused-ring (bicyclic) bond motifs is 1. The molecule has 2 amide bonds. The second kappa shape index (κ2) is 8.57. The van der Waals surface area contributed by atoms with Crippen LogP contribution in [0.2, 0.25) is 0 Å². The number of hydrogen-bond acceptors (Lipinski definition) is 7. The van der Waals surface area contributed by atoms with Crippen molar-refractivity contribution >= 4 is 43.9 Å². The fourth-order valence-electron chi connectivity index (χ4n) is 3.48. The minimum Gasteiger partial charge on any atom is -0.273 e. The van der Waals surface area contributed by atoms with Crippen molar-refractivity contribution in [3.05, 3.63) is 57.8 Å². The first kappa shape index (κ1) is 21.2. The summed E-state index contributed by atoms with van der Waals surface area (Å²) in [5.74, 6) is -1.79. The highest BCUT2D eigenvalue weighted by molar-refractivity contribution is 7.91. The number of benzene rings is 1. The number of carbonyl (C=O) groups excluding carboxylic acids is 2. The van der Waals surface area contributed by atoms with Gasteiger partial charge >= 0.3 is 0 Å². The number of hydrazine groups is 1. The summed E-state index contributed by atoms with van der Waals surface area (Å²) < 4.78 is 27.0. The van der Waals surface area contributed by atoms with Crippen LogP contribution in [0, 0.1) is 5.92 Å². The average molecular weight is 462 g/mol. The molecule has 0 spiro atoms. The van der Waals surface area contributed by atoms with Crippen molar-refractivity contribution in [1.82, 2.24) is 25.4 Å². The molecule has 10 nitrogen and oxygen atoms in total. The number of carbonyl (C=O) groups is 2. The molecule has 0 radical (unpaired) electrons. The number of hydrogen-bond donors (Lipinski definition) is 3. The molecule has 3 heterocycles. The van der Waals surface area contributed by atoms with Gasteiger partial charge in [0.15, 0.2) is 5.69 Å². The molecule has 1 fully saturated rings. The maximum Gasteiger partial charge on any atom is 0.290 e. The zero-order chi connectivity index (χ0) is 22.0. The van der Waals surface area contributed by atoms with Crippen LogP contribution in [0.1, 0.15) is 23.3 Å². The Labute approximate surface area is 181 Å². The number of aromatic nitrogens is 2. The quantitative estimate of drug-likeness (QED) is 0.492. The third-order valence-electron chi connectivity index (χ3n) is 5.05. The Bertz CT molecular complexity index is 1290. The lowest BCUT2D eigenvalue weighted by Gasteiger charge is -2.30. The number of sulfonamides is 1. The van der Waals surface area contributed by atoms with Gasteiger partial charge in [0.25, 0.3) is 21.5 Å². The van der Waals surface area contributed by atoms with E-state index in [2.05, 4.69) is 21.0 Å². The summed E-state index contributed by atoms with van der Waals surface area (Å²) in [6.07, 6.45) is 1.03. The maximum atomic E-state index is 12.7. The molecule has 1 aliphatic heterocycles. The van der Waals surface area contributed by atoms with Crippen LogP contribution in [0.15, 0.2) is 50.8 Å². The summed E-state index contributed by atoms with van der Waals surface area (Å²) in [6, 6.07) is 9.68. The van der Waals surface area contributed by atoms with Crippen LogP contribution in [-0.2, 0) is 14.8 Å². The summed E-state index contributed by atoms with van der Waals surface area (Å²) in [4.78, 5) is 37.0. The van der Waals surface area contributed by atoms with Crippen molar-refractivity contribution in [3.63, 3.8) is 0 Å². The second-order valence-corrected chi connectivity index (χ2v) is 10.1. The van der Waals surface area contributed by atoms with Gasteiger partial charge in [-0.25, -0.2) is 13.5 Å². The van der Waals surface area contributed by atoms with E-state index in [1.165, 1.54) is 10.4 Å². The summed E-state index contributed by atoms with van der Waals surface area (Å²) in [5, 5.41) is 8.38. The highest BCUT2D eigenvalue weighted by Crippen LogP contribution is 2.26. The Kier molecular flexibility index (Phi) is 5.85. The fourth-order valence-corrected chi connectivity index (χ4v) is 6.15. The van der Waals surface area contributed by atoms with E-state index in [1.54, 1.807) is 35.7 Å². The van der Waals surface area contributed by atoms with E-state index in [-0.39, 0.29) is 16.4 Å². The lowest BCUT2D eigenvalue weighted by atomic mass is 9.99. The molecule has 4 rings (SSSR count). The predicted molar refractivity (Wildman–Crippen MR) is 114 cm³/mol. The van der Waals surface area contributed by atoms with Gasteiger partial charge in [-0.1, -0.05) is 24.3 Å². The molecule has 1 aromatic carbocycles. The Hall–Kier alpha value is -3.09. The van der Waals surface area contributed by atoms with Gasteiger partial charge < -0.3 is 0 Å². The van der Waals surface area contributed by atoms with Crippen LogP contribution in [0.3, 0.4) is 0 Å². The van der Waals surface area contributed by atoms with Crippen molar-refractivity contribution in [2.75, 3.05) is 13.1 Å². The summed E-state index contributed by atoms with van der Waals surface area (Å²) in [5.41, 5.74) is 4.18. The van der Waals surface area contributed by atoms with Gasteiger partial charge in [-0.3, -0.25) is 25.2 Å². The summed E-state index contributed by atoms with van der Waals surface area (Å²) in [7, 11) is -3.65. The molecule has 162 valence electrons. The first-order valence-corrected chi connectivity index (χ1v) is 11.8. The molecular weight excluding hydrogens is 442 g/mol. The number of rotatable bonds is 4. The van der Waals surface area contributed by atoms with E-state index < -0.39 is 33.3 Å². The van der Waals surface area contributed by atoms with Crippen molar-refractivity contribution in [3.8, 4) is 0 Å². The van der Waals surface area contributed by atoms with E-state index in [0.29, 0.717) is 30.2 Å². The molecule has 1 aliphatic rings. The minimum atomic E-state index is -3.65. The predicted octanol–water partition coefficient (Wildman–Crippen LogP) is 0.847. The number of amides is 2. The molecule has 3 N–H and O–H groups in total. The van der Waals surface area contributed by atoms with Crippen molar-refractivity contribution in [1.29, 1.82) is 0 Å². The molecule has 1 saturated heterocycles. The highest BCUT2D eigenvalue weighted by atomic mass is 32.2. The first-order valence-electron chi connectivity index (χ1n) is 9.49. The van der Waals surface area contributed by atoms with E-state index in [0.717, 1.165) is 11.3 Å². The normalized spacial score (nSPS) is 17.4. The Morgan fingerprint density at radius 2 is 1.90 bits per heavy atom. The van der Waals surface area contributed by atoms with Crippen LogP contribution >= 0.6 is 11.3 Å². The molecule has 12 heteroatoms. The maximum absolute atomic E-state index is 12.7. The minimum absolute atomic E-state index is 0.0295. The highest BCUT2D eigenvalue weighted by Gasteiger charge is 2.34. The fraction of sp³-hybridized carbons (Fsp3) is 0.263. The summed E-state index contributed by atoms with van der Waals surface area (Å²) in [6.45, 7) is 0.367. The van der Waals surface area contributed by atoms with Gasteiger partial charge in [-0.2, -0.15) is 9.40 Å². The number of nitrogens with one attached hydrogen (secondary N) is 3. The average Bonchev–Trinajstić information content (AvgIpc) is 3.34. The monoisotopic (exact) mass is 461 g/mol. The van der Waals surface area contributed by atoms with E-state index in [1.807, 2.05) is 0 Å². The smallest absolute Gasteiger partial charge is 0.273 e. The van der Waals surface area contributed by atoms with E-state index in [9.17, 15) is 22.8 Å². The molecule has 3 aromatic rings. The molecule has 0 bridgehead atoms. The lowest BCUT2D eigenvalue weighted by molar-refractivity contribution is -0.126. The van der Waals surface area contributed by atoms with Crippen LogP contribution in [0.5, 0.6) is 0 Å². The van der Waals surface area contributed by atoms with Crippen LogP contribution < -0.4 is 16.4 Å². The molecule has 2 aromatic heterocycles. The molecule has 0 saturated carbocycles. The van der Waals surface area contributed by atoms with E-state index in [4.69, 9.17) is 0 Å². The Balaban J connectivity index is 1.43. The molecule has 0 aliphatic carbocycles. The first-order chi connectivity index (χ1) is 14.9. The third kappa shape index (κ3) is 4.22. The van der Waals surface area contributed by atoms with E-state index >= 15 is 0 Å². The van der Waals surface area contributed by atoms with Crippen LogP contribution in [0.25, 0.3) is 10.8 Å². The SMILES string of the molecule is O=C(NNC(=O)C1CCCN(S(=O)(=O)c2cccs2)C1)c1n[nH]c(=O)c2ccccc12. The third-order valence-corrected chi connectivity index (χ3v) is 8.29. The zero-order valence-corrected chi connectivity index (χ0v) is 17.8. The lowest BCUT2D eigenvalue weighted by Crippen LogP contribution is -2.50. The van der Waals surface area contributed by atoms with Crippen molar-refractivity contribution in [2.24, 2.45) is 5.92 Å². The van der Waals surface area contributed by atoms with Gasteiger partial charge in [0.2, 0.25) is 5.91 Å². The molecule has 1 atom stereocenters. The van der Waals surface area contributed by atoms with Gasteiger partial charge in [0.1, 0.15) is 4.21 Å². The van der Waals surface area contributed by atoms with Gasteiger partial charge in [-0.05, 0) is 30.4 Å². The van der Waals surface area contributed by atoms with Gasteiger partial charge in [0.05, 0.1) is 11.3 Å². The Morgan fingerprint density at radius 3 is 2.65 bits per heavy atom. The topological polar surface area (TPSA) is 141 Å². The van der Waals surface area contributed by atoms with Gasteiger partial charge in [-0.15, -0.1) is 11.3 Å². The number of thiophene rings is 1. The van der Waals surface area contributed by atoms with Crippen LogP contribution in [-0.4, -0.2) is 47.8 Å². The molecule has 31 heavy (non-hydrogen) atoms. The van der Waals surface area contributed by atoms with Crippen molar-refractivity contribution in [2.45, 2.75) is 17.1 Å². The Morgan fingerprint density at radius 1 is 1.13 bits per heavy atom. The van der Waals surface area contributed by atoms with Gasteiger partial charge in [0, 0.05) is 18.5 Å². The standard InChI is InChI=1S/C19H19N5O5S2/c25-17(12-5-3-9-24(11-12)31(28,29)15-8-4-10-30-15)21-23-19(27)16-13-6-1-2-7-14(13)18(26)22-20-16/h1-2,4,6-8,10,12H,3,5,9,11H2,(H,21,25)(H,22,26)(H,23,27). The number of nitrogens with zero attached hydrogens (tertiary/aromatic N) is 2. The zero-order valence-electron chi connectivity index (χ0n) is 16.2. The number of H-pyrrole nitrogens is 1. The molecule has 1 unspecified atom stereocenters. The van der Waals surface area contributed by atoms with Crippen LogP contribution in [0.4, 0.5) is 0 Å². The largest absolute Gasteiger partial charge is 0.290 e. The number of aromatic amines is 1. The van der Waals surface area contributed by atoms with Crippen molar-refractivity contribution < 1.29 is 18.0 Å². The summed E-state index contributed by atoms with van der Waals surface area (Å²) >= 11 is 1.13.